The number of benzene rings is 1. The number of carboxylic acid groups (broad SMARTS) is 2. The number of carbonyl (C=O) groups excluding carboxylic acids is 4. The van der Waals surface area contributed by atoms with E-state index in [1.165, 1.54) is 4.90 Å². The first kappa shape index (κ1) is 30.1. The van der Waals surface area contributed by atoms with Gasteiger partial charge < -0.3 is 42.2 Å². The van der Waals surface area contributed by atoms with Gasteiger partial charge in [0.15, 0.2) is 0 Å². The van der Waals surface area contributed by atoms with Crippen LogP contribution in [0, 0.1) is 0 Å². The number of primary amides is 1. The lowest BCUT2D eigenvalue weighted by molar-refractivity contribution is -0.149. The summed E-state index contributed by atoms with van der Waals surface area (Å²) >= 11 is 0. The number of carboxylic acids is 2. The van der Waals surface area contributed by atoms with Gasteiger partial charge in [-0.15, -0.1) is 0 Å². The quantitative estimate of drug-likeness (QED) is 0.154. The van der Waals surface area contributed by atoms with Gasteiger partial charge in [-0.3, -0.25) is 24.0 Å². The molecule has 3 rings (SSSR count). The standard InChI is InChI=1S/C26H34N6O8/c27-16(7-10-22(34)35)23(36)30-18(8-9-21(28)33)24(37)31-19(25(38)32-11-3-6-20(32)26(39)40)12-14-13-29-17-5-2-1-4-15(14)17/h1-2,4-5,13,16,18-20,29H,3,6-12,27H2,(H2,28,33)(H,30,36)(H,31,37)(H,34,35)(H,39,40). The van der Waals surface area contributed by atoms with Crippen LogP contribution in [0.3, 0.4) is 0 Å². The Bertz CT molecular complexity index is 1280. The summed E-state index contributed by atoms with van der Waals surface area (Å²) in [6.07, 6.45) is 1.47. The summed E-state index contributed by atoms with van der Waals surface area (Å²) in [7, 11) is 0. The molecule has 1 aliphatic heterocycles. The molecule has 40 heavy (non-hydrogen) atoms. The maximum atomic E-state index is 13.6. The molecule has 0 radical (unpaired) electrons. The molecule has 14 nitrogen and oxygen atoms in total. The molecule has 1 saturated heterocycles. The van der Waals surface area contributed by atoms with Crippen LogP contribution in [-0.2, 0) is 35.2 Å². The van der Waals surface area contributed by atoms with Crippen LogP contribution in [0.2, 0.25) is 0 Å². The predicted octanol–water partition coefficient (Wildman–Crippen LogP) is -0.787. The van der Waals surface area contributed by atoms with E-state index in [0.717, 1.165) is 10.9 Å². The van der Waals surface area contributed by atoms with E-state index in [0.29, 0.717) is 12.0 Å². The first-order valence-electron chi connectivity index (χ1n) is 12.9. The topological polar surface area (TPSA) is 238 Å². The van der Waals surface area contributed by atoms with Crippen molar-refractivity contribution in [3.63, 3.8) is 0 Å². The van der Waals surface area contributed by atoms with Gasteiger partial charge in [0.25, 0.3) is 0 Å². The highest BCUT2D eigenvalue weighted by Crippen LogP contribution is 2.23. The Hall–Kier alpha value is -4.46. The van der Waals surface area contributed by atoms with Crippen molar-refractivity contribution in [2.24, 2.45) is 11.5 Å². The Morgan fingerprint density at radius 1 is 1.00 bits per heavy atom. The summed E-state index contributed by atoms with van der Waals surface area (Å²) in [5, 5.41) is 24.3. The average Bonchev–Trinajstić information content (AvgIpc) is 3.56. The van der Waals surface area contributed by atoms with E-state index >= 15 is 0 Å². The van der Waals surface area contributed by atoms with Gasteiger partial charge in [0.2, 0.25) is 23.6 Å². The third-order valence-electron chi connectivity index (χ3n) is 6.85. The molecule has 0 bridgehead atoms. The SMILES string of the molecule is NC(=O)CCC(NC(=O)C(N)CCC(=O)O)C(=O)NC(Cc1c[nH]c2ccccc12)C(=O)N1CCCC1C(=O)O. The van der Waals surface area contributed by atoms with Crippen molar-refractivity contribution in [1.29, 1.82) is 0 Å². The van der Waals surface area contributed by atoms with E-state index in [4.69, 9.17) is 16.6 Å². The maximum Gasteiger partial charge on any atom is 0.326 e. The van der Waals surface area contributed by atoms with Gasteiger partial charge in [-0.25, -0.2) is 4.79 Å². The van der Waals surface area contributed by atoms with Gasteiger partial charge in [-0.05, 0) is 37.3 Å². The third-order valence-corrected chi connectivity index (χ3v) is 6.85. The summed E-state index contributed by atoms with van der Waals surface area (Å²) in [5.74, 6) is -5.23. The highest BCUT2D eigenvalue weighted by atomic mass is 16.4. The smallest absolute Gasteiger partial charge is 0.326 e. The van der Waals surface area contributed by atoms with Gasteiger partial charge >= 0.3 is 11.9 Å². The van der Waals surface area contributed by atoms with Crippen molar-refractivity contribution in [2.75, 3.05) is 6.54 Å². The van der Waals surface area contributed by atoms with Crippen LogP contribution in [-0.4, -0.2) is 86.4 Å². The van der Waals surface area contributed by atoms with Crippen molar-refractivity contribution >= 4 is 46.5 Å². The van der Waals surface area contributed by atoms with Gasteiger partial charge in [0.1, 0.15) is 18.1 Å². The maximum absolute atomic E-state index is 13.6. The Kier molecular flexibility index (Phi) is 10.2. The molecule has 216 valence electrons. The molecule has 0 saturated carbocycles. The monoisotopic (exact) mass is 558 g/mol. The minimum atomic E-state index is -1.32. The summed E-state index contributed by atoms with van der Waals surface area (Å²) in [6.45, 7) is 0.205. The largest absolute Gasteiger partial charge is 0.481 e. The van der Waals surface area contributed by atoms with E-state index in [1.807, 2.05) is 24.3 Å². The normalized spacial score (nSPS) is 17.1. The molecule has 0 aliphatic carbocycles. The number of amides is 4. The second kappa shape index (κ2) is 13.6. The minimum absolute atomic E-state index is 0.0199. The molecule has 0 spiro atoms. The number of hydrogen-bond donors (Lipinski definition) is 7. The number of fused-ring (bicyclic) bond motifs is 1. The van der Waals surface area contributed by atoms with Crippen molar-refractivity contribution in [3.8, 4) is 0 Å². The number of carbonyl (C=O) groups is 6. The molecule has 4 unspecified atom stereocenters. The van der Waals surface area contributed by atoms with Crippen LogP contribution in [0.1, 0.15) is 44.1 Å². The minimum Gasteiger partial charge on any atom is -0.481 e. The van der Waals surface area contributed by atoms with Crippen molar-refractivity contribution in [2.45, 2.75) is 69.1 Å². The molecule has 1 aliphatic rings. The van der Waals surface area contributed by atoms with E-state index in [1.54, 1.807) is 6.20 Å². The molecular weight excluding hydrogens is 524 g/mol. The summed E-state index contributed by atoms with van der Waals surface area (Å²) in [6, 6.07) is 2.56. The van der Waals surface area contributed by atoms with Crippen molar-refractivity contribution in [3.05, 3.63) is 36.0 Å². The lowest BCUT2D eigenvalue weighted by Crippen LogP contribution is -2.57. The zero-order valence-electron chi connectivity index (χ0n) is 21.8. The summed E-state index contributed by atoms with van der Waals surface area (Å²) in [4.78, 5) is 78.0. The number of para-hydroxylation sites is 1. The molecule has 2 aromatic rings. The van der Waals surface area contributed by atoms with Gasteiger partial charge in [0.05, 0.1) is 6.04 Å². The van der Waals surface area contributed by atoms with Crippen LogP contribution < -0.4 is 22.1 Å². The van der Waals surface area contributed by atoms with Crippen LogP contribution in [0.4, 0.5) is 0 Å². The van der Waals surface area contributed by atoms with Crippen LogP contribution in [0.15, 0.2) is 30.5 Å². The van der Waals surface area contributed by atoms with E-state index in [-0.39, 0.29) is 45.1 Å². The molecule has 4 atom stereocenters. The number of aromatic nitrogens is 1. The van der Waals surface area contributed by atoms with Crippen molar-refractivity contribution < 1.29 is 39.0 Å². The Balaban J connectivity index is 1.85. The third kappa shape index (κ3) is 7.79. The molecule has 2 heterocycles. The van der Waals surface area contributed by atoms with E-state index in [2.05, 4.69) is 15.6 Å². The molecule has 14 heteroatoms. The number of rotatable bonds is 14. The lowest BCUT2D eigenvalue weighted by Gasteiger charge is -2.29. The lowest BCUT2D eigenvalue weighted by atomic mass is 10.0. The molecule has 1 fully saturated rings. The molecule has 4 amide bonds. The number of hydrogen-bond acceptors (Lipinski definition) is 7. The number of likely N-dealkylation sites (tertiary alicyclic amines) is 1. The van der Waals surface area contributed by atoms with E-state index < -0.39 is 59.7 Å². The second-order valence-corrected chi connectivity index (χ2v) is 9.76. The van der Waals surface area contributed by atoms with Gasteiger partial charge in [-0.1, -0.05) is 18.2 Å². The summed E-state index contributed by atoms with van der Waals surface area (Å²) < 4.78 is 0. The Morgan fingerprint density at radius 3 is 2.38 bits per heavy atom. The van der Waals surface area contributed by atoms with Gasteiger partial charge in [-0.2, -0.15) is 0 Å². The number of H-pyrrole nitrogens is 1. The highest BCUT2D eigenvalue weighted by Gasteiger charge is 2.38. The summed E-state index contributed by atoms with van der Waals surface area (Å²) in [5.41, 5.74) is 12.5. The number of nitrogens with zero attached hydrogens (tertiary/aromatic N) is 1. The zero-order chi connectivity index (χ0) is 29.4. The molecule has 1 aromatic carbocycles. The van der Waals surface area contributed by atoms with E-state index in [9.17, 15) is 33.9 Å². The van der Waals surface area contributed by atoms with Crippen molar-refractivity contribution in [1.82, 2.24) is 20.5 Å². The average molecular weight is 559 g/mol. The fraction of sp³-hybridized carbons (Fsp3) is 0.462. The second-order valence-electron chi connectivity index (χ2n) is 9.76. The highest BCUT2D eigenvalue weighted by molar-refractivity contribution is 5.95. The van der Waals surface area contributed by atoms with Crippen LogP contribution in [0.5, 0.6) is 0 Å². The van der Waals surface area contributed by atoms with Gasteiger partial charge in [0, 0.05) is 42.9 Å². The van der Waals surface area contributed by atoms with Crippen LogP contribution in [0.25, 0.3) is 10.9 Å². The number of nitrogens with one attached hydrogen (secondary N) is 3. The molecular formula is C26H34N6O8. The Labute approximate surface area is 229 Å². The number of nitrogens with two attached hydrogens (primary N) is 2. The molecule has 9 N–H and O–H groups in total. The predicted molar refractivity (Wildman–Crippen MR) is 142 cm³/mol. The first-order valence-corrected chi connectivity index (χ1v) is 12.9. The van der Waals surface area contributed by atoms with Crippen LogP contribution >= 0.6 is 0 Å². The number of aromatic amines is 1. The number of aliphatic carboxylic acids is 2. The molecule has 1 aromatic heterocycles. The fourth-order valence-electron chi connectivity index (χ4n) is 4.72. The Morgan fingerprint density at radius 2 is 1.70 bits per heavy atom. The fourth-order valence-corrected chi connectivity index (χ4v) is 4.72. The first-order chi connectivity index (χ1) is 19.0. The zero-order valence-corrected chi connectivity index (χ0v) is 21.8.